The molecule has 1 aliphatic heterocycles. The molecule has 0 saturated heterocycles. The maximum Gasteiger partial charge on any atom is 0.311 e. The van der Waals surface area contributed by atoms with Crippen molar-refractivity contribution in [2.45, 2.75) is 12.8 Å². The van der Waals surface area contributed by atoms with Gasteiger partial charge >= 0.3 is 5.97 Å². The van der Waals surface area contributed by atoms with Crippen molar-refractivity contribution < 1.29 is 9.53 Å². The molecule has 0 unspecified atom stereocenters. The van der Waals surface area contributed by atoms with Gasteiger partial charge in [0.1, 0.15) is 5.76 Å². The van der Waals surface area contributed by atoms with E-state index in [1.165, 1.54) is 0 Å². The standard InChI is InChI=1S/C17H14O2/c18-16-12-11-15(13-7-3-1-4-8-13)17(19-16)14-9-5-2-6-10-14/h1-10H,11-12H2. The monoisotopic (exact) mass is 250 g/mol. The number of carbonyl (C=O) groups is 1. The van der Waals surface area contributed by atoms with Crippen LogP contribution in [0.2, 0.25) is 0 Å². The SMILES string of the molecule is O=C1CCC(c2ccccc2)=C(c2ccccc2)O1. The number of rotatable bonds is 2. The number of cyclic esters (lactones) is 1. The summed E-state index contributed by atoms with van der Waals surface area (Å²) in [5.41, 5.74) is 3.18. The summed E-state index contributed by atoms with van der Waals surface area (Å²) in [6.07, 6.45) is 1.17. The highest BCUT2D eigenvalue weighted by Crippen LogP contribution is 2.34. The third kappa shape index (κ3) is 2.43. The van der Waals surface area contributed by atoms with Crippen molar-refractivity contribution in [3.05, 3.63) is 71.8 Å². The molecule has 0 aliphatic carbocycles. The molecule has 0 saturated carbocycles. The second-order valence-corrected chi connectivity index (χ2v) is 4.51. The lowest BCUT2D eigenvalue weighted by molar-refractivity contribution is -0.137. The fourth-order valence-electron chi connectivity index (χ4n) is 2.30. The molecule has 94 valence electrons. The summed E-state index contributed by atoms with van der Waals surface area (Å²) in [6, 6.07) is 19.9. The molecule has 0 aromatic heterocycles. The van der Waals surface area contributed by atoms with Crippen molar-refractivity contribution in [2.75, 3.05) is 0 Å². The van der Waals surface area contributed by atoms with Crippen molar-refractivity contribution in [2.24, 2.45) is 0 Å². The van der Waals surface area contributed by atoms with Crippen LogP contribution in [0.1, 0.15) is 24.0 Å². The highest BCUT2D eigenvalue weighted by Gasteiger charge is 2.22. The second-order valence-electron chi connectivity index (χ2n) is 4.51. The van der Waals surface area contributed by atoms with Crippen LogP contribution in [0.5, 0.6) is 0 Å². The maximum atomic E-state index is 11.6. The molecule has 1 heterocycles. The number of hydrogen-bond acceptors (Lipinski definition) is 2. The number of benzene rings is 2. The van der Waals surface area contributed by atoms with E-state index in [9.17, 15) is 4.79 Å². The van der Waals surface area contributed by atoms with Gasteiger partial charge in [-0.15, -0.1) is 0 Å². The molecule has 2 aromatic rings. The summed E-state index contributed by atoms with van der Waals surface area (Å²) in [5, 5.41) is 0. The van der Waals surface area contributed by atoms with Gasteiger partial charge in [-0.25, -0.2) is 0 Å². The highest BCUT2D eigenvalue weighted by molar-refractivity contribution is 5.95. The first-order valence-corrected chi connectivity index (χ1v) is 6.39. The van der Waals surface area contributed by atoms with E-state index in [0.717, 1.165) is 23.1 Å². The minimum Gasteiger partial charge on any atom is -0.426 e. The van der Waals surface area contributed by atoms with Crippen LogP contribution in [0.15, 0.2) is 60.7 Å². The van der Waals surface area contributed by atoms with Gasteiger partial charge in [-0.3, -0.25) is 4.79 Å². The van der Waals surface area contributed by atoms with Gasteiger partial charge in [-0.2, -0.15) is 0 Å². The number of esters is 1. The summed E-state index contributed by atoms with van der Waals surface area (Å²) in [6.45, 7) is 0. The van der Waals surface area contributed by atoms with E-state index in [4.69, 9.17) is 4.74 Å². The fourth-order valence-corrected chi connectivity index (χ4v) is 2.30. The summed E-state index contributed by atoms with van der Waals surface area (Å²) < 4.78 is 5.48. The topological polar surface area (TPSA) is 26.3 Å². The fraction of sp³-hybridized carbons (Fsp3) is 0.118. The Labute approximate surface area is 112 Å². The average Bonchev–Trinajstić information content (AvgIpc) is 2.49. The first-order chi connectivity index (χ1) is 9.34. The van der Waals surface area contributed by atoms with Crippen LogP contribution in [0, 0.1) is 0 Å². The molecule has 2 nitrogen and oxygen atoms in total. The van der Waals surface area contributed by atoms with Gasteiger partial charge in [-0.05, 0) is 12.0 Å². The molecule has 2 aromatic carbocycles. The van der Waals surface area contributed by atoms with Crippen molar-refractivity contribution in [3.63, 3.8) is 0 Å². The average molecular weight is 250 g/mol. The molecular weight excluding hydrogens is 236 g/mol. The molecule has 1 aliphatic rings. The van der Waals surface area contributed by atoms with Crippen molar-refractivity contribution in [1.29, 1.82) is 0 Å². The molecule has 0 radical (unpaired) electrons. The smallest absolute Gasteiger partial charge is 0.311 e. The quantitative estimate of drug-likeness (QED) is 0.756. The van der Waals surface area contributed by atoms with Gasteiger partial charge in [0.2, 0.25) is 0 Å². The predicted molar refractivity (Wildman–Crippen MR) is 75.0 cm³/mol. The van der Waals surface area contributed by atoms with Crippen LogP contribution in [-0.4, -0.2) is 5.97 Å². The Morgan fingerprint density at radius 2 is 1.32 bits per heavy atom. The third-order valence-electron chi connectivity index (χ3n) is 3.23. The Morgan fingerprint density at radius 1 is 0.737 bits per heavy atom. The van der Waals surface area contributed by atoms with Gasteiger partial charge in [0.15, 0.2) is 0 Å². The molecule has 0 N–H and O–H groups in total. The number of allylic oxidation sites excluding steroid dienone is 1. The zero-order valence-electron chi connectivity index (χ0n) is 10.5. The number of carbonyl (C=O) groups excluding carboxylic acids is 1. The minimum atomic E-state index is -0.154. The zero-order chi connectivity index (χ0) is 13.1. The van der Waals surface area contributed by atoms with Crippen LogP contribution in [-0.2, 0) is 9.53 Å². The van der Waals surface area contributed by atoms with E-state index in [1.54, 1.807) is 0 Å². The normalized spacial score (nSPS) is 15.3. The van der Waals surface area contributed by atoms with Crippen molar-refractivity contribution in [1.82, 2.24) is 0 Å². The van der Waals surface area contributed by atoms with Gasteiger partial charge < -0.3 is 4.74 Å². The Kier molecular flexibility index (Phi) is 3.15. The van der Waals surface area contributed by atoms with Gasteiger partial charge in [0.25, 0.3) is 0 Å². The molecule has 0 fully saturated rings. The second kappa shape index (κ2) is 5.11. The highest BCUT2D eigenvalue weighted by atomic mass is 16.5. The molecule has 19 heavy (non-hydrogen) atoms. The largest absolute Gasteiger partial charge is 0.426 e. The van der Waals surface area contributed by atoms with Crippen molar-refractivity contribution in [3.8, 4) is 0 Å². The molecule has 0 atom stereocenters. The minimum absolute atomic E-state index is 0.154. The Hall–Kier alpha value is -2.35. The lowest BCUT2D eigenvalue weighted by atomic mass is 9.95. The van der Waals surface area contributed by atoms with Crippen LogP contribution in [0.3, 0.4) is 0 Å². The Balaban J connectivity index is 2.13. The summed E-state index contributed by atoms with van der Waals surface area (Å²) in [5.74, 6) is 0.543. The third-order valence-corrected chi connectivity index (χ3v) is 3.23. The van der Waals surface area contributed by atoms with Gasteiger partial charge in [0, 0.05) is 11.1 Å². The number of hydrogen-bond donors (Lipinski definition) is 0. The van der Waals surface area contributed by atoms with E-state index in [0.29, 0.717) is 12.2 Å². The van der Waals surface area contributed by atoms with E-state index in [-0.39, 0.29) is 5.97 Å². The van der Waals surface area contributed by atoms with E-state index >= 15 is 0 Å². The number of ether oxygens (including phenoxy) is 1. The molecule has 3 rings (SSSR count). The van der Waals surface area contributed by atoms with Gasteiger partial charge in [0.05, 0.1) is 6.42 Å². The summed E-state index contributed by atoms with van der Waals surface area (Å²) in [7, 11) is 0. The predicted octanol–water partition coefficient (Wildman–Crippen LogP) is 3.89. The maximum absolute atomic E-state index is 11.6. The summed E-state index contributed by atoms with van der Waals surface area (Å²) >= 11 is 0. The lowest BCUT2D eigenvalue weighted by Gasteiger charge is -2.20. The molecule has 0 bridgehead atoms. The Morgan fingerprint density at radius 3 is 1.95 bits per heavy atom. The molecule has 0 spiro atoms. The first-order valence-electron chi connectivity index (χ1n) is 6.39. The van der Waals surface area contributed by atoms with Crippen LogP contribution < -0.4 is 0 Å². The van der Waals surface area contributed by atoms with Gasteiger partial charge in [-0.1, -0.05) is 60.7 Å². The Bertz CT molecular complexity index is 612. The molecule has 0 amide bonds. The van der Waals surface area contributed by atoms with E-state index in [1.807, 2.05) is 48.5 Å². The zero-order valence-corrected chi connectivity index (χ0v) is 10.5. The first kappa shape index (κ1) is 11.7. The van der Waals surface area contributed by atoms with Crippen LogP contribution in [0.25, 0.3) is 11.3 Å². The van der Waals surface area contributed by atoms with E-state index in [2.05, 4.69) is 12.1 Å². The van der Waals surface area contributed by atoms with Crippen LogP contribution >= 0.6 is 0 Å². The van der Waals surface area contributed by atoms with Crippen molar-refractivity contribution >= 4 is 17.3 Å². The van der Waals surface area contributed by atoms with E-state index < -0.39 is 0 Å². The molecular formula is C17H14O2. The molecule has 2 heteroatoms. The summed E-state index contributed by atoms with van der Waals surface area (Å²) in [4.78, 5) is 11.6. The lowest BCUT2D eigenvalue weighted by Crippen LogP contribution is -2.11. The van der Waals surface area contributed by atoms with Crippen LogP contribution in [0.4, 0.5) is 0 Å².